The number of aliphatic imine (C=N–C) groups is 1. The summed E-state index contributed by atoms with van der Waals surface area (Å²) in [7, 11) is 0. The Labute approximate surface area is 115 Å². The lowest BCUT2D eigenvalue weighted by Gasteiger charge is -2.07. The minimum absolute atomic E-state index is 0.303. The molecule has 1 unspecified atom stereocenters. The summed E-state index contributed by atoms with van der Waals surface area (Å²) in [6, 6.07) is 0. The molecular weight excluding hydrogens is 236 g/mol. The molecule has 0 aliphatic heterocycles. The van der Waals surface area contributed by atoms with Crippen LogP contribution in [0.5, 0.6) is 0 Å². The highest BCUT2D eigenvalue weighted by Crippen LogP contribution is 2.19. The van der Waals surface area contributed by atoms with Crippen LogP contribution in [0.3, 0.4) is 0 Å². The van der Waals surface area contributed by atoms with Gasteiger partial charge in [-0.3, -0.25) is 4.99 Å². The van der Waals surface area contributed by atoms with Crippen molar-refractivity contribution in [3.05, 3.63) is 23.5 Å². The number of hydrogen-bond acceptors (Lipinski definition) is 4. The van der Waals surface area contributed by atoms with Crippen LogP contribution in [0.25, 0.3) is 5.70 Å². The first-order valence-corrected chi connectivity index (χ1v) is 6.88. The topological polar surface area (TPSA) is 64.2 Å². The maximum Gasteiger partial charge on any atom is 0.220 e. The molecule has 2 N–H and O–H groups in total. The zero-order chi connectivity index (χ0) is 14.3. The Morgan fingerprint density at radius 3 is 2.84 bits per heavy atom. The third kappa shape index (κ3) is 4.81. The lowest BCUT2D eigenvalue weighted by molar-refractivity contribution is 0.633. The summed E-state index contributed by atoms with van der Waals surface area (Å²) < 4.78 is 0. The molecule has 104 valence electrons. The molecule has 0 radical (unpaired) electrons. The number of nitrogens with two attached hydrogens (primary N) is 1. The molecule has 1 atom stereocenters. The van der Waals surface area contributed by atoms with E-state index >= 15 is 0 Å². The molecule has 4 heteroatoms. The molecule has 1 aromatic rings. The van der Waals surface area contributed by atoms with E-state index in [1.54, 1.807) is 6.20 Å². The van der Waals surface area contributed by atoms with Crippen molar-refractivity contribution in [1.29, 1.82) is 0 Å². The third-order valence-corrected chi connectivity index (χ3v) is 3.03. The third-order valence-electron chi connectivity index (χ3n) is 3.03. The molecule has 0 aromatic carbocycles. The van der Waals surface area contributed by atoms with Crippen molar-refractivity contribution in [3.63, 3.8) is 0 Å². The molecule has 0 saturated heterocycles. The van der Waals surface area contributed by atoms with Crippen molar-refractivity contribution in [1.82, 2.24) is 9.97 Å². The van der Waals surface area contributed by atoms with E-state index in [1.165, 1.54) is 19.3 Å². The summed E-state index contributed by atoms with van der Waals surface area (Å²) in [4.78, 5) is 12.8. The molecular formula is C15H24N4. The van der Waals surface area contributed by atoms with Gasteiger partial charge in [0.2, 0.25) is 5.95 Å². The van der Waals surface area contributed by atoms with Crippen LogP contribution in [0.1, 0.15) is 51.3 Å². The maximum absolute atomic E-state index is 5.57. The van der Waals surface area contributed by atoms with Gasteiger partial charge in [-0.2, -0.15) is 0 Å². The molecule has 0 aliphatic carbocycles. The van der Waals surface area contributed by atoms with E-state index < -0.39 is 0 Å². The number of aryl methyl sites for hydroxylation is 1. The van der Waals surface area contributed by atoms with Gasteiger partial charge in [0.1, 0.15) is 0 Å². The van der Waals surface area contributed by atoms with Gasteiger partial charge in [-0.25, -0.2) is 9.97 Å². The summed E-state index contributed by atoms with van der Waals surface area (Å²) in [5.41, 5.74) is 8.27. The highest BCUT2D eigenvalue weighted by atomic mass is 15.0. The van der Waals surface area contributed by atoms with E-state index in [-0.39, 0.29) is 0 Å². The maximum atomic E-state index is 5.57. The number of allylic oxidation sites excluding steroid dienone is 1. The van der Waals surface area contributed by atoms with Gasteiger partial charge in [0.05, 0.1) is 11.4 Å². The van der Waals surface area contributed by atoms with Gasteiger partial charge in [-0.1, -0.05) is 32.8 Å². The highest BCUT2D eigenvalue weighted by Gasteiger charge is 2.06. The summed E-state index contributed by atoms with van der Waals surface area (Å²) >= 11 is 0. The van der Waals surface area contributed by atoms with E-state index in [4.69, 9.17) is 5.73 Å². The number of anilines is 1. The van der Waals surface area contributed by atoms with Gasteiger partial charge in [-0.05, 0) is 26.2 Å². The highest BCUT2D eigenvalue weighted by molar-refractivity contribution is 5.75. The van der Waals surface area contributed by atoms with Crippen LogP contribution in [0.2, 0.25) is 0 Å². The van der Waals surface area contributed by atoms with Crippen LogP contribution >= 0.6 is 0 Å². The van der Waals surface area contributed by atoms with Crippen molar-refractivity contribution in [2.75, 3.05) is 5.73 Å². The van der Waals surface area contributed by atoms with E-state index in [1.807, 2.05) is 26.1 Å². The van der Waals surface area contributed by atoms with Crippen LogP contribution < -0.4 is 5.73 Å². The average Bonchev–Trinajstić information content (AvgIpc) is 2.38. The van der Waals surface area contributed by atoms with E-state index in [0.717, 1.165) is 17.0 Å². The van der Waals surface area contributed by atoms with Crippen molar-refractivity contribution < 1.29 is 0 Å². The summed E-state index contributed by atoms with van der Waals surface area (Å²) in [6.07, 6.45) is 9.36. The molecule has 0 bridgehead atoms. The minimum Gasteiger partial charge on any atom is -0.368 e. The minimum atomic E-state index is 0.303. The first kappa shape index (κ1) is 15.3. The molecule has 0 fully saturated rings. The van der Waals surface area contributed by atoms with Crippen LogP contribution in [-0.2, 0) is 0 Å². The Hall–Kier alpha value is -1.71. The van der Waals surface area contributed by atoms with Gasteiger partial charge < -0.3 is 5.73 Å². The number of rotatable bonds is 6. The predicted molar refractivity (Wildman–Crippen MR) is 82.0 cm³/mol. The van der Waals surface area contributed by atoms with E-state index in [0.29, 0.717) is 11.9 Å². The Balaban J connectivity index is 2.81. The van der Waals surface area contributed by atoms with Crippen molar-refractivity contribution in [2.24, 2.45) is 10.9 Å². The van der Waals surface area contributed by atoms with Gasteiger partial charge >= 0.3 is 0 Å². The summed E-state index contributed by atoms with van der Waals surface area (Å²) in [6.45, 7) is 8.29. The largest absolute Gasteiger partial charge is 0.368 e. The fourth-order valence-electron chi connectivity index (χ4n) is 1.84. The van der Waals surface area contributed by atoms with E-state index in [9.17, 15) is 0 Å². The van der Waals surface area contributed by atoms with Crippen molar-refractivity contribution >= 4 is 17.9 Å². The monoisotopic (exact) mass is 260 g/mol. The molecule has 19 heavy (non-hydrogen) atoms. The second kappa shape index (κ2) is 7.67. The van der Waals surface area contributed by atoms with Crippen molar-refractivity contribution in [2.45, 2.75) is 47.0 Å². The van der Waals surface area contributed by atoms with Gasteiger partial charge in [0.15, 0.2) is 0 Å². The quantitative estimate of drug-likeness (QED) is 0.794. The van der Waals surface area contributed by atoms with Gasteiger partial charge in [-0.15, -0.1) is 0 Å². The fraction of sp³-hybridized carbons (Fsp3) is 0.533. The first-order valence-electron chi connectivity index (χ1n) is 6.88. The van der Waals surface area contributed by atoms with Gasteiger partial charge in [0.25, 0.3) is 0 Å². The molecule has 1 rings (SSSR count). The summed E-state index contributed by atoms with van der Waals surface area (Å²) in [5, 5.41) is 0. The Kier molecular flexibility index (Phi) is 6.19. The SMILES string of the molecule is CC=C(N=CC(C)CCCC)c1cnc(N)nc1C. The molecule has 1 aromatic heterocycles. The Morgan fingerprint density at radius 2 is 2.26 bits per heavy atom. The number of nitrogens with zero attached hydrogens (tertiary/aromatic N) is 3. The fourth-order valence-corrected chi connectivity index (χ4v) is 1.84. The second-order valence-electron chi connectivity index (χ2n) is 4.80. The standard InChI is InChI=1S/C15H24N4/c1-5-7-8-11(3)9-17-14(6-2)13-10-18-15(16)19-12(13)4/h6,9-11H,5,7-8H2,1-4H3,(H2,16,18,19). The zero-order valence-corrected chi connectivity index (χ0v) is 12.3. The van der Waals surface area contributed by atoms with Crippen LogP contribution in [0.4, 0.5) is 5.95 Å². The average molecular weight is 260 g/mol. The second-order valence-corrected chi connectivity index (χ2v) is 4.80. The number of unbranched alkanes of at least 4 members (excludes halogenated alkanes) is 1. The van der Waals surface area contributed by atoms with E-state index in [2.05, 4.69) is 28.8 Å². The molecule has 4 nitrogen and oxygen atoms in total. The van der Waals surface area contributed by atoms with Crippen molar-refractivity contribution in [3.8, 4) is 0 Å². The molecule has 0 saturated carbocycles. The predicted octanol–water partition coefficient (Wildman–Crippen LogP) is 3.63. The first-order chi connectivity index (χ1) is 9.08. The molecule has 1 heterocycles. The number of nitrogen functional groups attached to an aromatic ring is 1. The Morgan fingerprint density at radius 1 is 1.53 bits per heavy atom. The lowest BCUT2D eigenvalue weighted by atomic mass is 10.1. The van der Waals surface area contributed by atoms with Gasteiger partial charge in [0, 0.05) is 18.0 Å². The molecule has 0 spiro atoms. The molecule has 0 aliphatic rings. The smallest absolute Gasteiger partial charge is 0.220 e. The zero-order valence-electron chi connectivity index (χ0n) is 12.3. The number of aromatic nitrogens is 2. The molecule has 0 amide bonds. The van der Waals surface area contributed by atoms with Crippen LogP contribution in [0.15, 0.2) is 17.3 Å². The normalized spacial score (nSPS) is 14.0. The summed E-state index contributed by atoms with van der Waals surface area (Å²) in [5.74, 6) is 0.793. The lowest BCUT2D eigenvalue weighted by Crippen LogP contribution is -2.01. The number of hydrogen-bond donors (Lipinski definition) is 1. The van der Waals surface area contributed by atoms with Crippen LogP contribution in [-0.4, -0.2) is 16.2 Å². The Bertz CT molecular complexity index is 463. The van der Waals surface area contributed by atoms with Crippen LogP contribution in [0, 0.1) is 12.8 Å².